The summed E-state index contributed by atoms with van der Waals surface area (Å²) in [5, 5.41) is 2.95. The Morgan fingerprint density at radius 3 is 2.32 bits per heavy atom. The Balaban J connectivity index is 1.44. The molecule has 0 spiro atoms. The van der Waals surface area contributed by atoms with Crippen LogP contribution < -0.4 is 10.2 Å². The van der Waals surface area contributed by atoms with E-state index in [4.69, 9.17) is 0 Å². The second kappa shape index (κ2) is 7.96. The molecule has 4 nitrogen and oxygen atoms in total. The molecule has 0 atom stereocenters. The number of carbonyl (C=O) groups is 1. The van der Waals surface area contributed by atoms with Crippen molar-refractivity contribution in [1.82, 2.24) is 4.90 Å². The summed E-state index contributed by atoms with van der Waals surface area (Å²) < 4.78 is 26.5. The third kappa shape index (κ3) is 4.47. The van der Waals surface area contributed by atoms with Crippen molar-refractivity contribution in [2.75, 3.05) is 42.9 Å². The lowest BCUT2D eigenvalue weighted by Gasteiger charge is -2.36. The summed E-state index contributed by atoms with van der Waals surface area (Å²) in [4.78, 5) is 16.2. The van der Waals surface area contributed by atoms with Crippen LogP contribution >= 0.6 is 0 Å². The SMILES string of the molecule is O=C(CCNc1ccccc1F)N1CCN(c2ccc(F)cc2)CC1. The highest BCUT2D eigenvalue weighted by molar-refractivity contribution is 5.77. The van der Waals surface area contributed by atoms with E-state index in [1.807, 2.05) is 4.90 Å². The quantitative estimate of drug-likeness (QED) is 0.904. The van der Waals surface area contributed by atoms with Gasteiger partial charge in [-0.1, -0.05) is 12.1 Å². The predicted octanol–water partition coefficient (Wildman–Crippen LogP) is 3.12. The van der Waals surface area contributed by atoms with Gasteiger partial charge in [-0.25, -0.2) is 8.78 Å². The Morgan fingerprint density at radius 1 is 0.960 bits per heavy atom. The third-order valence-electron chi connectivity index (χ3n) is 4.35. The minimum absolute atomic E-state index is 0.0580. The molecule has 1 saturated heterocycles. The van der Waals surface area contributed by atoms with Crippen LogP contribution in [0.25, 0.3) is 0 Å². The predicted molar refractivity (Wildman–Crippen MR) is 94.7 cm³/mol. The van der Waals surface area contributed by atoms with Crippen molar-refractivity contribution in [1.29, 1.82) is 0 Å². The number of para-hydroxylation sites is 1. The van der Waals surface area contributed by atoms with E-state index in [9.17, 15) is 13.6 Å². The van der Waals surface area contributed by atoms with Gasteiger partial charge in [0.25, 0.3) is 0 Å². The number of rotatable bonds is 5. The first-order valence-corrected chi connectivity index (χ1v) is 8.40. The minimum atomic E-state index is -0.317. The van der Waals surface area contributed by atoms with E-state index in [2.05, 4.69) is 10.2 Å². The average molecular weight is 345 g/mol. The van der Waals surface area contributed by atoms with Gasteiger partial charge < -0.3 is 15.1 Å². The molecule has 1 aliphatic rings. The van der Waals surface area contributed by atoms with Crippen LogP contribution in [-0.4, -0.2) is 43.5 Å². The van der Waals surface area contributed by atoms with Crippen molar-refractivity contribution in [3.05, 3.63) is 60.2 Å². The topological polar surface area (TPSA) is 35.6 Å². The van der Waals surface area contributed by atoms with E-state index in [-0.39, 0.29) is 17.5 Å². The molecule has 0 bridgehead atoms. The Bertz CT molecular complexity index is 713. The normalized spacial score (nSPS) is 14.5. The van der Waals surface area contributed by atoms with Crippen LogP contribution in [0.15, 0.2) is 48.5 Å². The number of hydrogen-bond donors (Lipinski definition) is 1. The molecule has 1 amide bonds. The third-order valence-corrected chi connectivity index (χ3v) is 4.35. The Labute approximate surface area is 146 Å². The highest BCUT2D eigenvalue weighted by Gasteiger charge is 2.21. The minimum Gasteiger partial charge on any atom is -0.382 e. The number of carbonyl (C=O) groups excluding carboxylic acids is 1. The van der Waals surface area contributed by atoms with Crippen molar-refractivity contribution < 1.29 is 13.6 Å². The van der Waals surface area contributed by atoms with Crippen LogP contribution in [0.1, 0.15) is 6.42 Å². The van der Waals surface area contributed by atoms with Crippen molar-refractivity contribution in [2.45, 2.75) is 6.42 Å². The summed E-state index contributed by atoms with van der Waals surface area (Å²) in [5.41, 5.74) is 1.38. The lowest BCUT2D eigenvalue weighted by atomic mass is 10.2. The van der Waals surface area contributed by atoms with Crippen LogP contribution in [0.3, 0.4) is 0 Å². The monoisotopic (exact) mass is 345 g/mol. The van der Waals surface area contributed by atoms with Gasteiger partial charge in [0, 0.05) is 44.8 Å². The molecule has 0 saturated carbocycles. The van der Waals surface area contributed by atoms with Crippen molar-refractivity contribution in [3.63, 3.8) is 0 Å². The summed E-state index contributed by atoms with van der Waals surface area (Å²) in [6, 6.07) is 12.8. The van der Waals surface area contributed by atoms with Crippen LogP contribution in [-0.2, 0) is 4.79 Å². The first-order chi connectivity index (χ1) is 12.1. The number of halogens is 2. The van der Waals surface area contributed by atoms with Crippen molar-refractivity contribution in [2.24, 2.45) is 0 Å². The van der Waals surface area contributed by atoms with Crippen LogP contribution in [0, 0.1) is 11.6 Å². The maximum absolute atomic E-state index is 13.5. The molecule has 0 aliphatic carbocycles. The smallest absolute Gasteiger partial charge is 0.224 e. The van der Waals surface area contributed by atoms with Crippen molar-refractivity contribution >= 4 is 17.3 Å². The lowest BCUT2D eigenvalue weighted by Crippen LogP contribution is -2.49. The summed E-state index contributed by atoms with van der Waals surface area (Å²) in [5.74, 6) is -0.509. The molecular formula is C19H21F2N3O. The van der Waals surface area contributed by atoms with Crippen LogP contribution in [0.2, 0.25) is 0 Å². The summed E-state index contributed by atoms with van der Waals surface area (Å²) in [7, 11) is 0. The van der Waals surface area contributed by atoms with Gasteiger partial charge >= 0.3 is 0 Å². The number of hydrogen-bond acceptors (Lipinski definition) is 3. The number of benzene rings is 2. The van der Waals surface area contributed by atoms with E-state index in [0.29, 0.717) is 31.7 Å². The molecule has 3 rings (SSSR count). The van der Waals surface area contributed by atoms with Gasteiger partial charge in [0.15, 0.2) is 0 Å². The molecule has 0 aromatic heterocycles. The number of anilines is 2. The van der Waals surface area contributed by atoms with Gasteiger partial charge in [0.05, 0.1) is 5.69 Å². The fourth-order valence-corrected chi connectivity index (χ4v) is 2.93. The van der Waals surface area contributed by atoms with Crippen molar-refractivity contribution in [3.8, 4) is 0 Å². The average Bonchev–Trinajstić information content (AvgIpc) is 2.64. The number of nitrogens with zero attached hydrogens (tertiary/aromatic N) is 2. The number of amides is 1. The molecule has 6 heteroatoms. The summed E-state index contributed by atoms with van der Waals surface area (Å²) >= 11 is 0. The molecule has 2 aromatic rings. The van der Waals surface area contributed by atoms with Crippen LogP contribution in [0.4, 0.5) is 20.2 Å². The molecule has 2 aromatic carbocycles. The Kier molecular flexibility index (Phi) is 5.48. The molecular weight excluding hydrogens is 324 g/mol. The van der Waals surface area contributed by atoms with Gasteiger partial charge in [-0.3, -0.25) is 4.79 Å². The van der Waals surface area contributed by atoms with Gasteiger partial charge in [0.1, 0.15) is 11.6 Å². The zero-order valence-corrected chi connectivity index (χ0v) is 13.9. The molecule has 0 unspecified atom stereocenters. The van der Waals surface area contributed by atoms with E-state index < -0.39 is 0 Å². The van der Waals surface area contributed by atoms with E-state index in [1.165, 1.54) is 18.2 Å². The highest BCUT2D eigenvalue weighted by atomic mass is 19.1. The van der Waals surface area contributed by atoms with Gasteiger partial charge in [-0.05, 0) is 36.4 Å². The summed E-state index contributed by atoms with van der Waals surface area (Å²) in [6.45, 7) is 3.11. The Hall–Kier alpha value is -2.63. The maximum atomic E-state index is 13.5. The molecule has 25 heavy (non-hydrogen) atoms. The van der Waals surface area contributed by atoms with Gasteiger partial charge in [0.2, 0.25) is 5.91 Å². The van der Waals surface area contributed by atoms with Crippen LogP contribution in [0.5, 0.6) is 0 Å². The molecule has 1 heterocycles. The Morgan fingerprint density at radius 2 is 1.64 bits per heavy atom. The zero-order valence-electron chi connectivity index (χ0n) is 13.9. The number of nitrogens with one attached hydrogen (secondary N) is 1. The van der Waals surface area contributed by atoms with E-state index in [1.54, 1.807) is 30.3 Å². The molecule has 132 valence electrons. The highest BCUT2D eigenvalue weighted by Crippen LogP contribution is 2.17. The second-order valence-electron chi connectivity index (χ2n) is 6.00. The maximum Gasteiger partial charge on any atom is 0.224 e. The van der Waals surface area contributed by atoms with Gasteiger partial charge in [-0.2, -0.15) is 0 Å². The number of piperazine rings is 1. The van der Waals surface area contributed by atoms with E-state index >= 15 is 0 Å². The molecule has 1 N–H and O–H groups in total. The first kappa shape index (κ1) is 17.2. The first-order valence-electron chi connectivity index (χ1n) is 8.40. The lowest BCUT2D eigenvalue weighted by molar-refractivity contribution is -0.131. The zero-order chi connectivity index (χ0) is 17.6. The largest absolute Gasteiger partial charge is 0.382 e. The molecule has 1 aliphatic heterocycles. The molecule has 1 fully saturated rings. The standard InChI is InChI=1S/C19H21F2N3O/c20-15-5-7-16(8-6-15)23-11-13-24(14-12-23)19(25)9-10-22-18-4-2-1-3-17(18)21/h1-8,22H,9-14H2. The fourth-order valence-electron chi connectivity index (χ4n) is 2.93. The summed E-state index contributed by atoms with van der Waals surface area (Å²) in [6.07, 6.45) is 0.324. The van der Waals surface area contributed by atoms with Gasteiger partial charge in [-0.15, -0.1) is 0 Å². The molecule has 0 radical (unpaired) electrons. The fraction of sp³-hybridized carbons (Fsp3) is 0.316. The van der Waals surface area contributed by atoms with E-state index in [0.717, 1.165) is 18.8 Å². The second-order valence-corrected chi connectivity index (χ2v) is 6.00.